The minimum absolute atomic E-state index is 0.0728. The molecule has 1 aromatic heterocycles. The maximum absolute atomic E-state index is 12.3. The number of aliphatic hydroxyl groups excluding tert-OH is 1. The second kappa shape index (κ2) is 6.05. The van der Waals surface area contributed by atoms with Crippen molar-refractivity contribution in [1.82, 2.24) is 19.7 Å². The highest BCUT2D eigenvalue weighted by Gasteiger charge is 2.25. The number of aliphatic hydroxyl groups is 1. The first-order valence-electron chi connectivity index (χ1n) is 7.10. The van der Waals surface area contributed by atoms with E-state index in [0.717, 1.165) is 17.5 Å². The van der Waals surface area contributed by atoms with Crippen molar-refractivity contribution < 1.29 is 9.90 Å². The van der Waals surface area contributed by atoms with Gasteiger partial charge in [0.05, 0.1) is 12.6 Å². The molecule has 110 valence electrons. The molecule has 2 heterocycles. The van der Waals surface area contributed by atoms with Crippen molar-refractivity contribution in [3.63, 3.8) is 0 Å². The summed E-state index contributed by atoms with van der Waals surface area (Å²) in [6.45, 7) is 1.63. The van der Waals surface area contributed by atoms with E-state index >= 15 is 0 Å². The number of nitrogens with zero attached hydrogens (tertiary/aromatic N) is 4. The highest BCUT2D eigenvalue weighted by atomic mass is 16.3. The van der Waals surface area contributed by atoms with Gasteiger partial charge in [0, 0.05) is 19.5 Å². The number of β-amino-alcohol motifs (C(OH)–C–C–N with tert-alkyl or cyclic N) is 1. The molecule has 1 aromatic carbocycles. The Morgan fingerprint density at radius 2 is 2.24 bits per heavy atom. The second-order valence-corrected chi connectivity index (χ2v) is 5.25. The Kier molecular flexibility index (Phi) is 3.96. The van der Waals surface area contributed by atoms with E-state index in [-0.39, 0.29) is 5.91 Å². The predicted octanol–water partition coefficient (Wildman–Crippen LogP) is 1.13. The van der Waals surface area contributed by atoms with E-state index in [1.807, 2.05) is 24.3 Å². The van der Waals surface area contributed by atoms with E-state index in [4.69, 9.17) is 0 Å². The van der Waals surface area contributed by atoms with E-state index in [2.05, 4.69) is 10.1 Å². The zero-order valence-electron chi connectivity index (χ0n) is 11.7. The summed E-state index contributed by atoms with van der Waals surface area (Å²) in [5.74, 6) is 0.0728. The predicted molar refractivity (Wildman–Crippen MR) is 76.1 cm³/mol. The van der Waals surface area contributed by atoms with Gasteiger partial charge in [-0.2, -0.15) is 5.10 Å². The van der Waals surface area contributed by atoms with Crippen LogP contribution in [0.15, 0.2) is 36.9 Å². The van der Waals surface area contributed by atoms with Gasteiger partial charge in [0.15, 0.2) is 0 Å². The summed E-state index contributed by atoms with van der Waals surface area (Å²) in [7, 11) is 0. The molecule has 0 fully saturated rings. The topological polar surface area (TPSA) is 71.2 Å². The maximum atomic E-state index is 12.3. The third-order valence-electron chi connectivity index (χ3n) is 3.77. The molecule has 0 bridgehead atoms. The van der Waals surface area contributed by atoms with Crippen LogP contribution < -0.4 is 0 Å². The molecular weight excluding hydrogens is 268 g/mol. The number of hydrogen-bond acceptors (Lipinski definition) is 4. The molecule has 0 radical (unpaired) electrons. The Balaban J connectivity index is 1.56. The Morgan fingerprint density at radius 3 is 3.05 bits per heavy atom. The highest BCUT2D eigenvalue weighted by molar-refractivity contribution is 5.76. The number of fused-ring (bicyclic) bond motifs is 1. The number of benzene rings is 1. The van der Waals surface area contributed by atoms with Crippen LogP contribution in [0.4, 0.5) is 0 Å². The average molecular weight is 286 g/mol. The monoisotopic (exact) mass is 286 g/mol. The number of carbonyl (C=O) groups excluding carboxylic acids is 1. The van der Waals surface area contributed by atoms with Crippen LogP contribution >= 0.6 is 0 Å². The zero-order valence-corrected chi connectivity index (χ0v) is 11.7. The largest absolute Gasteiger partial charge is 0.387 e. The summed E-state index contributed by atoms with van der Waals surface area (Å²) in [4.78, 5) is 17.9. The van der Waals surface area contributed by atoms with Crippen molar-refractivity contribution in [2.24, 2.45) is 0 Å². The standard InChI is InChI=1S/C15H18N4O2/c20-14-9-18(8-12-4-1-2-5-13(12)14)15(21)6-3-7-19-11-16-10-17-19/h1-2,4-5,10-11,14,20H,3,6-9H2/t14-/m0/s1. The summed E-state index contributed by atoms with van der Waals surface area (Å²) < 4.78 is 1.72. The molecule has 1 aliphatic heterocycles. The van der Waals surface area contributed by atoms with Gasteiger partial charge in [-0.05, 0) is 17.5 Å². The van der Waals surface area contributed by atoms with Gasteiger partial charge in [0.25, 0.3) is 0 Å². The lowest BCUT2D eigenvalue weighted by atomic mass is 9.97. The lowest BCUT2D eigenvalue weighted by Gasteiger charge is -2.32. The van der Waals surface area contributed by atoms with Gasteiger partial charge in [-0.3, -0.25) is 9.48 Å². The van der Waals surface area contributed by atoms with Crippen LogP contribution in [0.25, 0.3) is 0 Å². The second-order valence-electron chi connectivity index (χ2n) is 5.25. The maximum Gasteiger partial charge on any atom is 0.223 e. The molecule has 6 heteroatoms. The minimum Gasteiger partial charge on any atom is -0.387 e. The summed E-state index contributed by atoms with van der Waals surface area (Å²) >= 11 is 0. The summed E-state index contributed by atoms with van der Waals surface area (Å²) in [6, 6.07) is 7.74. The van der Waals surface area contributed by atoms with Crippen molar-refractivity contribution in [2.75, 3.05) is 6.54 Å². The smallest absolute Gasteiger partial charge is 0.223 e. The van der Waals surface area contributed by atoms with Gasteiger partial charge >= 0.3 is 0 Å². The molecule has 2 aromatic rings. The van der Waals surface area contributed by atoms with E-state index in [1.54, 1.807) is 15.9 Å². The van der Waals surface area contributed by atoms with Gasteiger partial charge in [-0.1, -0.05) is 24.3 Å². The van der Waals surface area contributed by atoms with E-state index in [1.165, 1.54) is 6.33 Å². The van der Waals surface area contributed by atoms with Gasteiger partial charge < -0.3 is 10.0 Å². The minimum atomic E-state index is -0.589. The van der Waals surface area contributed by atoms with Crippen molar-refractivity contribution >= 4 is 5.91 Å². The molecule has 1 amide bonds. The molecule has 0 spiro atoms. The molecule has 0 unspecified atom stereocenters. The molecule has 0 saturated heterocycles. The van der Waals surface area contributed by atoms with Crippen LogP contribution in [0.2, 0.25) is 0 Å². The molecule has 1 atom stereocenters. The molecule has 6 nitrogen and oxygen atoms in total. The summed E-state index contributed by atoms with van der Waals surface area (Å²) in [5, 5.41) is 14.1. The van der Waals surface area contributed by atoms with Crippen molar-refractivity contribution in [3.05, 3.63) is 48.0 Å². The number of carbonyl (C=O) groups is 1. The first kappa shape index (κ1) is 13.8. The number of amides is 1. The SMILES string of the molecule is O=C(CCCn1cncn1)N1Cc2ccccc2[C@@H](O)C1. The third-order valence-corrected chi connectivity index (χ3v) is 3.77. The lowest BCUT2D eigenvalue weighted by molar-refractivity contribution is -0.134. The van der Waals surface area contributed by atoms with Gasteiger partial charge in [-0.25, -0.2) is 4.98 Å². The average Bonchev–Trinajstić information content (AvgIpc) is 3.00. The van der Waals surface area contributed by atoms with Gasteiger partial charge in [0.1, 0.15) is 12.7 Å². The summed E-state index contributed by atoms with van der Waals surface area (Å²) in [6.07, 6.45) is 3.71. The highest BCUT2D eigenvalue weighted by Crippen LogP contribution is 2.26. The van der Waals surface area contributed by atoms with Crippen LogP contribution in [-0.2, 0) is 17.9 Å². The first-order valence-corrected chi connectivity index (χ1v) is 7.10. The Bertz CT molecular complexity index is 612. The van der Waals surface area contributed by atoms with Gasteiger partial charge in [0.2, 0.25) is 5.91 Å². The fourth-order valence-corrected chi connectivity index (χ4v) is 2.67. The van der Waals surface area contributed by atoms with Crippen molar-refractivity contribution in [1.29, 1.82) is 0 Å². The number of rotatable bonds is 4. The van der Waals surface area contributed by atoms with E-state index in [9.17, 15) is 9.90 Å². The number of aromatic nitrogens is 3. The fraction of sp³-hybridized carbons (Fsp3) is 0.400. The lowest BCUT2D eigenvalue weighted by Crippen LogP contribution is -2.38. The molecule has 21 heavy (non-hydrogen) atoms. The van der Waals surface area contributed by atoms with E-state index < -0.39 is 6.10 Å². The zero-order chi connectivity index (χ0) is 14.7. The molecule has 0 aliphatic carbocycles. The first-order chi connectivity index (χ1) is 10.2. The normalized spacial score (nSPS) is 17.6. The van der Waals surface area contributed by atoms with Crippen molar-refractivity contribution in [3.8, 4) is 0 Å². The third kappa shape index (κ3) is 3.11. The molecular formula is C15H18N4O2. The number of hydrogen-bond donors (Lipinski definition) is 1. The van der Waals surface area contributed by atoms with Crippen molar-refractivity contribution in [2.45, 2.75) is 32.0 Å². The van der Waals surface area contributed by atoms with E-state index in [0.29, 0.717) is 26.1 Å². The Labute approximate surface area is 123 Å². The molecule has 1 aliphatic rings. The van der Waals surface area contributed by atoms with Crippen LogP contribution in [-0.4, -0.2) is 37.2 Å². The van der Waals surface area contributed by atoms with Crippen LogP contribution in [0.1, 0.15) is 30.1 Å². The molecule has 1 N–H and O–H groups in total. The molecule has 3 rings (SSSR count). The molecule has 0 saturated carbocycles. The fourth-order valence-electron chi connectivity index (χ4n) is 2.67. The summed E-state index contributed by atoms with van der Waals surface area (Å²) in [5.41, 5.74) is 1.96. The van der Waals surface area contributed by atoms with Crippen LogP contribution in [0, 0.1) is 0 Å². The van der Waals surface area contributed by atoms with Gasteiger partial charge in [-0.15, -0.1) is 0 Å². The van der Waals surface area contributed by atoms with Crippen LogP contribution in [0.3, 0.4) is 0 Å². The Morgan fingerprint density at radius 1 is 1.38 bits per heavy atom. The Hall–Kier alpha value is -2.21. The quantitative estimate of drug-likeness (QED) is 0.914. The number of aryl methyl sites for hydroxylation is 1. The van der Waals surface area contributed by atoms with Crippen LogP contribution in [0.5, 0.6) is 0 Å².